The Balaban J connectivity index is 1.52. The molecule has 0 spiro atoms. The number of para-hydroxylation sites is 1. The summed E-state index contributed by atoms with van der Waals surface area (Å²) in [5.41, 5.74) is 0.445. The van der Waals surface area contributed by atoms with E-state index in [0.717, 1.165) is 0 Å². The molecule has 1 saturated heterocycles. The highest BCUT2D eigenvalue weighted by molar-refractivity contribution is 5.78. The molecule has 2 aromatic carbocycles. The van der Waals surface area contributed by atoms with E-state index < -0.39 is 4.92 Å². The maximum Gasteiger partial charge on any atom is 0.273 e. The molecular formula is C18H18FN3O4. The second-order valence-electron chi connectivity index (χ2n) is 5.86. The van der Waals surface area contributed by atoms with E-state index in [2.05, 4.69) is 0 Å². The molecule has 26 heavy (non-hydrogen) atoms. The fourth-order valence-corrected chi connectivity index (χ4v) is 2.83. The standard InChI is InChI=1S/C18H18FN3O4/c19-16-6-1-2-7-17(16)20-8-10-21(11-9-20)18(23)13-26-15-5-3-4-14(12-15)22(24)25/h1-7,12H,8-11,13H2. The topological polar surface area (TPSA) is 75.9 Å². The highest BCUT2D eigenvalue weighted by Gasteiger charge is 2.23. The fourth-order valence-electron chi connectivity index (χ4n) is 2.83. The van der Waals surface area contributed by atoms with Gasteiger partial charge in [0.05, 0.1) is 16.7 Å². The molecule has 0 N–H and O–H groups in total. The monoisotopic (exact) mass is 359 g/mol. The smallest absolute Gasteiger partial charge is 0.273 e. The minimum Gasteiger partial charge on any atom is -0.484 e. The van der Waals surface area contributed by atoms with Crippen LogP contribution in [-0.4, -0.2) is 48.5 Å². The van der Waals surface area contributed by atoms with Crippen LogP contribution >= 0.6 is 0 Å². The second-order valence-corrected chi connectivity index (χ2v) is 5.86. The van der Waals surface area contributed by atoms with Crippen molar-refractivity contribution in [2.75, 3.05) is 37.7 Å². The summed E-state index contributed by atoms with van der Waals surface area (Å²) in [5, 5.41) is 10.8. The number of nitro benzene ring substituents is 1. The van der Waals surface area contributed by atoms with Gasteiger partial charge in [-0.25, -0.2) is 4.39 Å². The molecule has 0 radical (unpaired) electrons. The quantitative estimate of drug-likeness (QED) is 0.605. The van der Waals surface area contributed by atoms with Crippen LogP contribution < -0.4 is 9.64 Å². The number of nitrogens with zero attached hydrogens (tertiary/aromatic N) is 3. The molecule has 0 saturated carbocycles. The Hall–Kier alpha value is -3.16. The molecule has 1 amide bonds. The van der Waals surface area contributed by atoms with Crippen LogP contribution in [0.5, 0.6) is 5.75 Å². The Morgan fingerprint density at radius 3 is 2.54 bits per heavy atom. The first kappa shape index (κ1) is 17.7. The zero-order valence-electron chi connectivity index (χ0n) is 14.0. The number of rotatable bonds is 5. The molecule has 8 heteroatoms. The largest absolute Gasteiger partial charge is 0.484 e. The van der Waals surface area contributed by atoms with E-state index in [1.807, 2.05) is 4.90 Å². The summed E-state index contributed by atoms with van der Waals surface area (Å²) in [6, 6.07) is 12.3. The predicted molar refractivity (Wildman–Crippen MR) is 93.8 cm³/mol. The average molecular weight is 359 g/mol. The first-order valence-electron chi connectivity index (χ1n) is 8.19. The SMILES string of the molecule is O=C(COc1cccc([N+](=O)[O-])c1)N1CCN(c2ccccc2F)CC1. The number of carbonyl (C=O) groups excluding carboxylic acids is 1. The molecule has 1 heterocycles. The molecule has 136 valence electrons. The van der Waals surface area contributed by atoms with E-state index in [4.69, 9.17) is 4.74 Å². The minimum absolute atomic E-state index is 0.0894. The van der Waals surface area contributed by atoms with E-state index in [-0.39, 0.29) is 29.8 Å². The highest BCUT2D eigenvalue weighted by atomic mass is 19.1. The maximum absolute atomic E-state index is 13.8. The lowest BCUT2D eigenvalue weighted by Crippen LogP contribution is -2.50. The number of carbonyl (C=O) groups is 1. The van der Waals surface area contributed by atoms with Crippen LogP contribution in [0.15, 0.2) is 48.5 Å². The lowest BCUT2D eigenvalue weighted by Gasteiger charge is -2.36. The normalized spacial score (nSPS) is 14.2. The van der Waals surface area contributed by atoms with Crippen LogP contribution in [0.2, 0.25) is 0 Å². The lowest BCUT2D eigenvalue weighted by atomic mass is 10.2. The summed E-state index contributed by atoms with van der Waals surface area (Å²) < 4.78 is 19.2. The number of non-ortho nitro benzene ring substituents is 1. The minimum atomic E-state index is -0.517. The molecule has 0 atom stereocenters. The summed E-state index contributed by atoms with van der Waals surface area (Å²) >= 11 is 0. The number of hydrogen-bond acceptors (Lipinski definition) is 5. The van der Waals surface area contributed by atoms with Crippen molar-refractivity contribution in [2.45, 2.75) is 0 Å². The first-order chi connectivity index (χ1) is 12.5. The summed E-state index contributed by atoms with van der Waals surface area (Å²) in [4.78, 5) is 26.1. The Labute approximate surface area is 149 Å². The average Bonchev–Trinajstić information content (AvgIpc) is 2.67. The van der Waals surface area contributed by atoms with Crippen molar-refractivity contribution in [3.63, 3.8) is 0 Å². The van der Waals surface area contributed by atoms with Gasteiger partial charge in [0, 0.05) is 32.2 Å². The molecule has 0 aromatic heterocycles. The number of halogens is 1. The molecule has 1 aliphatic rings. The van der Waals surface area contributed by atoms with E-state index >= 15 is 0 Å². The van der Waals surface area contributed by atoms with Crippen LogP contribution in [0.3, 0.4) is 0 Å². The molecule has 1 fully saturated rings. The van der Waals surface area contributed by atoms with Gasteiger partial charge >= 0.3 is 0 Å². The number of ether oxygens (including phenoxy) is 1. The van der Waals surface area contributed by atoms with Crippen LogP contribution in [0, 0.1) is 15.9 Å². The van der Waals surface area contributed by atoms with Crippen molar-refractivity contribution in [3.05, 3.63) is 64.5 Å². The van der Waals surface area contributed by atoms with Crippen molar-refractivity contribution >= 4 is 17.3 Å². The number of amides is 1. The Morgan fingerprint density at radius 2 is 1.85 bits per heavy atom. The molecule has 2 aromatic rings. The summed E-state index contributed by atoms with van der Waals surface area (Å²) in [7, 11) is 0. The number of benzene rings is 2. The molecule has 0 unspecified atom stereocenters. The number of hydrogen-bond donors (Lipinski definition) is 0. The van der Waals surface area contributed by atoms with Crippen LogP contribution in [0.4, 0.5) is 15.8 Å². The van der Waals surface area contributed by atoms with Crippen molar-refractivity contribution in [1.29, 1.82) is 0 Å². The molecule has 3 rings (SSSR count). The zero-order valence-corrected chi connectivity index (χ0v) is 14.0. The molecule has 0 aliphatic carbocycles. The Morgan fingerprint density at radius 1 is 1.12 bits per heavy atom. The van der Waals surface area contributed by atoms with Crippen LogP contribution in [0.1, 0.15) is 0 Å². The molecular weight excluding hydrogens is 341 g/mol. The third kappa shape index (κ3) is 4.08. The van der Waals surface area contributed by atoms with E-state index in [1.54, 1.807) is 29.2 Å². The summed E-state index contributed by atoms with van der Waals surface area (Å²) in [5.74, 6) is -0.205. The molecule has 1 aliphatic heterocycles. The van der Waals surface area contributed by atoms with Gasteiger partial charge < -0.3 is 14.5 Å². The van der Waals surface area contributed by atoms with Crippen molar-refractivity contribution in [1.82, 2.24) is 4.90 Å². The van der Waals surface area contributed by atoms with Gasteiger partial charge in [0.15, 0.2) is 6.61 Å². The number of nitro groups is 1. The van der Waals surface area contributed by atoms with Gasteiger partial charge in [-0.05, 0) is 18.2 Å². The highest BCUT2D eigenvalue weighted by Crippen LogP contribution is 2.21. The van der Waals surface area contributed by atoms with Gasteiger partial charge in [0.1, 0.15) is 11.6 Å². The van der Waals surface area contributed by atoms with Crippen molar-refractivity contribution in [3.8, 4) is 5.75 Å². The van der Waals surface area contributed by atoms with E-state index in [1.165, 1.54) is 24.3 Å². The first-order valence-corrected chi connectivity index (χ1v) is 8.19. The lowest BCUT2D eigenvalue weighted by molar-refractivity contribution is -0.384. The van der Waals surface area contributed by atoms with Gasteiger partial charge in [0.25, 0.3) is 11.6 Å². The zero-order chi connectivity index (χ0) is 18.5. The van der Waals surface area contributed by atoms with E-state index in [0.29, 0.717) is 31.9 Å². The summed E-state index contributed by atoms with van der Waals surface area (Å²) in [6.45, 7) is 1.80. The maximum atomic E-state index is 13.8. The fraction of sp³-hybridized carbons (Fsp3) is 0.278. The van der Waals surface area contributed by atoms with Crippen LogP contribution in [0.25, 0.3) is 0 Å². The van der Waals surface area contributed by atoms with Gasteiger partial charge in [-0.3, -0.25) is 14.9 Å². The number of anilines is 1. The van der Waals surface area contributed by atoms with Gasteiger partial charge in [-0.15, -0.1) is 0 Å². The molecule has 7 nitrogen and oxygen atoms in total. The number of piperazine rings is 1. The van der Waals surface area contributed by atoms with E-state index in [9.17, 15) is 19.3 Å². The van der Waals surface area contributed by atoms with Crippen molar-refractivity contribution < 1.29 is 18.8 Å². The predicted octanol–water partition coefficient (Wildman–Crippen LogP) is 2.46. The third-order valence-corrected chi connectivity index (χ3v) is 4.22. The van der Waals surface area contributed by atoms with Gasteiger partial charge in [-0.2, -0.15) is 0 Å². The second kappa shape index (κ2) is 7.81. The molecule has 0 bridgehead atoms. The van der Waals surface area contributed by atoms with Crippen molar-refractivity contribution in [2.24, 2.45) is 0 Å². The third-order valence-electron chi connectivity index (χ3n) is 4.22. The van der Waals surface area contributed by atoms with Gasteiger partial charge in [-0.1, -0.05) is 18.2 Å². The summed E-state index contributed by atoms with van der Waals surface area (Å²) in [6.07, 6.45) is 0. The van der Waals surface area contributed by atoms with Gasteiger partial charge in [0.2, 0.25) is 0 Å². The van der Waals surface area contributed by atoms with Crippen LogP contribution in [-0.2, 0) is 4.79 Å². The Kier molecular flexibility index (Phi) is 5.31. The Bertz CT molecular complexity index is 807.